The van der Waals surface area contributed by atoms with Gasteiger partial charge in [0.15, 0.2) is 0 Å². The Labute approximate surface area is 103 Å². The molecule has 0 unspecified atom stereocenters. The van der Waals surface area contributed by atoms with Gasteiger partial charge in [0, 0.05) is 0 Å². The standard InChI is InChI=1S/C14H21NO2/c1-2-17-13(16)9-14(10-15)11-5-3-6-12(14)8-4-7-11/h11-12H,2-9H2,1H3. The van der Waals surface area contributed by atoms with Crippen LogP contribution in [0.1, 0.15) is 51.9 Å². The van der Waals surface area contributed by atoms with Gasteiger partial charge in [0.1, 0.15) is 0 Å². The Balaban J connectivity index is 2.17. The van der Waals surface area contributed by atoms with E-state index in [-0.39, 0.29) is 5.97 Å². The molecule has 0 heterocycles. The molecule has 0 aromatic carbocycles. The molecule has 0 N–H and O–H groups in total. The number of nitrogens with zero attached hydrogens (tertiary/aromatic N) is 1. The number of hydrogen-bond acceptors (Lipinski definition) is 3. The third kappa shape index (κ3) is 2.18. The Morgan fingerprint density at radius 2 is 1.82 bits per heavy atom. The second-order valence-corrected chi connectivity index (χ2v) is 5.39. The lowest BCUT2D eigenvalue weighted by Crippen LogP contribution is -2.45. The van der Waals surface area contributed by atoms with E-state index < -0.39 is 5.41 Å². The first-order chi connectivity index (χ1) is 8.23. The van der Waals surface area contributed by atoms with E-state index >= 15 is 0 Å². The number of nitriles is 1. The zero-order chi connectivity index (χ0) is 12.3. The summed E-state index contributed by atoms with van der Waals surface area (Å²) in [6, 6.07) is 2.51. The minimum absolute atomic E-state index is 0.187. The molecule has 0 aliphatic heterocycles. The molecule has 0 atom stereocenters. The van der Waals surface area contributed by atoms with Gasteiger partial charge in [-0.1, -0.05) is 12.8 Å². The molecule has 94 valence electrons. The zero-order valence-electron chi connectivity index (χ0n) is 10.6. The first kappa shape index (κ1) is 12.4. The Bertz CT molecular complexity index is 310. The van der Waals surface area contributed by atoms with Crippen LogP contribution in [0.5, 0.6) is 0 Å². The third-order valence-electron chi connectivity index (χ3n) is 4.62. The summed E-state index contributed by atoms with van der Waals surface area (Å²) in [4.78, 5) is 11.7. The molecule has 0 aromatic heterocycles. The number of carbonyl (C=O) groups is 1. The molecule has 0 aromatic rings. The van der Waals surface area contributed by atoms with Gasteiger partial charge in [-0.15, -0.1) is 0 Å². The molecular formula is C14H21NO2. The normalized spacial score (nSPS) is 36.0. The molecule has 3 heteroatoms. The molecule has 0 saturated heterocycles. The average Bonchev–Trinajstić information content (AvgIpc) is 2.28. The average molecular weight is 235 g/mol. The van der Waals surface area contributed by atoms with Crippen LogP contribution in [0.25, 0.3) is 0 Å². The summed E-state index contributed by atoms with van der Waals surface area (Å²) in [5.74, 6) is 0.654. The van der Waals surface area contributed by atoms with E-state index in [4.69, 9.17) is 4.74 Å². The molecule has 0 spiro atoms. The molecule has 2 saturated carbocycles. The lowest BCUT2D eigenvalue weighted by Gasteiger charge is -2.48. The Morgan fingerprint density at radius 1 is 1.29 bits per heavy atom. The molecule has 2 fully saturated rings. The fourth-order valence-electron chi connectivity index (χ4n) is 3.84. The summed E-state index contributed by atoms with van der Waals surface area (Å²) in [6.07, 6.45) is 7.22. The number of ether oxygens (including phenoxy) is 1. The highest BCUT2D eigenvalue weighted by atomic mass is 16.5. The molecular weight excluding hydrogens is 214 g/mol. The molecule has 0 amide bonds. The van der Waals surface area contributed by atoms with Crippen LogP contribution in [-0.4, -0.2) is 12.6 Å². The summed E-state index contributed by atoms with van der Waals surface area (Å²) in [5, 5.41) is 9.61. The van der Waals surface area contributed by atoms with E-state index in [1.165, 1.54) is 12.8 Å². The predicted octanol–water partition coefficient (Wildman–Crippen LogP) is 3.05. The van der Waals surface area contributed by atoms with E-state index in [0.29, 0.717) is 24.9 Å². The summed E-state index contributed by atoms with van der Waals surface area (Å²) in [5.41, 5.74) is -0.414. The SMILES string of the molecule is CCOC(=O)CC1(C#N)C2CCCC1CCC2. The maximum absolute atomic E-state index is 11.7. The zero-order valence-corrected chi connectivity index (χ0v) is 10.6. The van der Waals surface area contributed by atoms with Crippen molar-refractivity contribution >= 4 is 5.97 Å². The van der Waals surface area contributed by atoms with E-state index in [0.717, 1.165) is 25.7 Å². The molecule has 0 radical (unpaired) electrons. The third-order valence-corrected chi connectivity index (χ3v) is 4.62. The first-order valence-corrected chi connectivity index (χ1v) is 6.80. The topological polar surface area (TPSA) is 50.1 Å². The maximum Gasteiger partial charge on any atom is 0.307 e. The summed E-state index contributed by atoms with van der Waals surface area (Å²) >= 11 is 0. The van der Waals surface area contributed by atoms with Crippen LogP contribution in [0.4, 0.5) is 0 Å². The van der Waals surface area contributed by atoms with Gasteiger partial charge in [0.2, 0.25) is 0 Å². The van der Waals surface area contributed by atoms with E-state index in [1.807, 2.05) is 6.92 Å². The van der Waals surface area contributed by atoms with Crippen molar-refractivity contribution in [1.82, 2.24) is 0 Å². The van der Waals surface area contributed by atoms with Crippen molar-refractivity contribution in [3.05, 3.63) is 0 Å². The monoisotopic (exact) mass is 235 g/mol. The number of carbonyl (C=O) groups excluding carboxylic acids is 1. The number of esters is 1. The number of rotatable bonds is 3. The Morgan fingerprint density at radius 3 is 2.24 bits per heavy atom. The van der Waals surface area contributed by atoms with Gasteiger partial charge < -0.3 is 4.74 Å². The van der Waals surface area contributed by atoms with Gasteiger partial charge in [-0.3, -0.25) is 4.79 Å². The van der Waals surface area contributed by atoms with Gasteiger partial charge >= 0.3 is 5.97 Å². The van der Waals surface area contributed by atoms with Crippen molar-refractivity contribution in [3.63, 3.8) is 0 Å². The highest BCUT2D eigenvalue weighted by Crippen LogP contribution is 2.54. The molecule has 17 heavy (non-hydrogen) atoms. The van der Waals surface area contributed by atoms with Crippen LogP contribution in [0.3, 0.4) is 0 Å². The fraction of sp³-hybridized carbons (Fsp3) is 0.857. The largest absolute Gasteiger partial charge is 0.466 e. The highest BCUT2D eigenvalue weighted by molar-refractivity contribution is 5.71. The first-order valence-electron chi connectivity index (χ1n) is 6.80. The van der Waals surface area contributed by atoms with Gasteiger partial charge in [-0.25, -0.2) is 0 Å². The Kier molecular flexibility index (Phi) is 3.71. The van der Waals surface area contributed by atoms with Crippen molar-refractivity contribution in [1.29, 1.82) is 5.26 Å². The van der Waals surface area contributed by atoms with Crippen molar-refractivity contribution in [3.8, 4) is 6.07 Å². The van der Waals surface area contributed by atoms with Gasteiger partial charge in [0.05, 0.1) is 24.5 Å². The molecule has 2 bridgehead atoms. The van der Waals surface area contributed by atoms with Crippen LogP contribution in [0, 0.1) is 28.6 Å². The summed E-state index contributed by atoms with van der Waals surface area (Å²) < 4.78 is 5.05. The second-order valence-electron chi connectivity index (χ2n) is 5.39. The molecule has 2 rings (SSSR count). The lowest BCUT2D eigenvalue weighted by atomic mass is 9.54. The van der Waals surface area contributed by atoms with Crippen LogP contribution < -0.4 is 0 Å². The van der Waals surface area contributed by atoms with Crippen LogP contribution in [0.15, 0.2) is 0 Å². The fourth-order valence-corrected chi connectivity index (χ4v) is 3.84. The van der Waals surface area contributed by atoms with Gasteiger partial charge in [-0.2, -0.15) is 5.26 Å². The van der Waals surface area contributed by atoms with Crippen molar-refractivity contribution < 1.29 is 9.53 Å². The predicted molar refractivity (Wildman–Crippen MR) is 64.0 cm³/mol. The van der Waals surface area contributed by atoms with Gasteiger partial charge in [0.25, 0.3) is 0 Å². The van der Waals surface area contributed by atoms with Crippen molar-refractivity contribution in [2.45, 2.75) is 51.9 Å². The maximum atomic E-state index is 11.7. The van der Waals surface area contributed by atoms with Crippen LogP contribution in [-0.2, 0) is 9.53 Å². The van der Waals surface area contributed by atoms with Crippen molar-refractivity contribution in [2.75, 3.05) is 6.61 Å². The highest BCUT2D eigenvalue weighted by Gasteiger charge is 2.51. The number of hydrogen-bond donors (Lipinski definition) is 0. The second kappa shape index (κ2) is 5.08. The van der Waals surface area contributed by atoms with Crippen LogP contribution in [0.2, 0.25) is 0 Å². The smallest absolute Gasteiger partial charge is 0.307 e. The van der Waals surface area contributed by atoms with Crippen LogP contribution >= 0.6 is 0 Å². The van der Waals surface area contributed by atoms with Gasteiger partial charge in [-0.05, 0) is 44.4 Å². The molecule has 2 aliphatic rings. The van der Waals surface area contributed by atoms with E-state index in [2.05, 4.69) is 6.07 Å². The molecule has 2 aliphatic carbocycles. The minimum Gasteiger partial charge on any atom is -0.466 e. The van der Waals surface area contributed by atoms with Crippen molar-refractivity contribution in [2.24, 2.45) is 17.3 Å². The number of fused-ring (bicyclic) bond motifs is 2. The lowest BCUT2D eigenvalue weighted by molar-refractivity contribution is -0.148. The van der Waals surface area contributed by atoms with E-state index in [1.54, 1.807) is 0 Å². The summed E-state index contributed by atoms with van der Waals surface area (Å²) in [6.45, 7) is 2.23. The Hall–Kier alpha value is -1.04. The molecule has 3 nitrogen and oxygen atoms in total. The minimum atomic E-state index is -0.414. The quantitative estimate of drug-likeness (QED) is 0.706. The summed E-state index contributed by atoms with van der Waals surface area (Å²) in [7, 11) is 0. The van der Waals surface area contributed by atoms with E-state index in [9.17, 15) is 10.1 Å².